The Hall–Kier alpha value is -1.55. The molecular weight excluding hydrogens is 345 g/mol. The van der Waals surface area contributed by atoms with E-state index in [2.05, 4.69) is 10.0 Å². The van der Waals surface area contributed by atoms with Gasteiger partial charge in [-0.15, -0.1) is 0 Å². The molecule has 0 saturated heterocycles. The standard InChI is InChI=1S/C10H11Cl2N3O5S/c11-5-3-6(9(16)17)8(12)7(4-5)21(19,20)15-2-1-14-10(13)18/h3-4,15H,1-2H2,(H,16,17)(H3,13,14,18). The van der Waals surface area contributed by atoms with E-state index < -0.39 is 37.5 Å². The number of amides is 2. The lowest BCUT2D eigenvalue weighted by atomic mass is 10.2. The van der Waals surface area contributed by atoms with E-state index >= 15 is 0 Å². The fraction of sp³-hybridized carbons (Fsp3) is 0.200. The first-order valence-corrected chi connectivity index (χ1v) is 7.64. The van der Waals surface area contributed by atoms with Gasteiger partial charge in [0.2, 0.25) is 10.0 Å². The van der Waals surface area contributed by atoms with Crippen molar-refractivity contribution >= 4 is 45.2 Å². The summed E-state index contributed by atoms with van der Waals surface area (Å²) in [6.45, 7) is -0.199. The molecule has 8 nitrogen and oxygen atoms in total. The lowest BCUT2D eigenvalue weighted by molar-refractivity contribution is 0.0696. The number of carbonyl (C=O) groups is 2. The number of nitrogens with one attached hydrogen (secondary N) is 2. The van der Waals surface area contributed by atoms with Crippen LogP contribution in [0.5, 0.6) is 0 Å². The van der Waals surface area contributed by atoms with Crippen LogP contribution in [0.1, 0.15) is 10.4 Å². The van der Waals surface area contributed by atoms with E-state index in [1.54, 1.807) is 0 Å². The van der Waals surface area contributed by atoms with Crippen LogP contribution in [-0.2, 0) is 10.0 Å². The number of urea groups is 1. The number of hydrogen-bond acceptors (Lipinski definition) is 4. The van der Waals surface area contributed by atoms with Crippen LogP contribution in [-0.4, -0.2) is 38.6 Å². The Morgan fingerprint density at radius 2 is 1.86 bits per heavy atom. The summed E-state index contributed by atoms with van der Waals surface area (Å²) < 4.78 is 26.2. The highest BCUT2D eigenvalue weighted by molar-refractivity contribution is 7.89. The monoisotopic (exact) mass is 355 g/mol. The van der Waals surface area contributed by atoms with Crippen molar-refractivity contribution in [2.45, 2.75) is 4.90 Å². The number of halogens is 2. The first kappa shape index (κ1) is 17.5. The van der Waals surface area contributed by atoms with E-state index in [9.17, 15) is 18.0 Å². The molecule has 0 radical (unpaired) electrons. The highest BCUT2D eigenvalue weighted by Crippen LogP contribution is 2.29. The third-order valence-corrected chi connectivity index (χ3v) is 4.46. The number of hydrogen-bond donors (Lipinski definition) is 4. The highest BCUT2D eigenvalue weighted by atomic mass is 35.5. The second-order valence-electron chi connectivity index (χ2n) is 3.76. The summed E-state index contributed by atoms with van der Waals surface area (Å²) in [4.78, 5) is 20.9. The Labute approximate surface area is 130 Å². The lowest BCUT2D eigenvalue weighted by Gasteiger charge is -2.10. The van der Waals surface area contributed by atoms with Gasteiger partial charge in [-0.1, -0.05) is 23.2 Å². The fourth-order valence-corrected chi connectivity index (χ4v) is 3.30. The lowest BCUT2D eigenvalue weighted by Crippen LogP contribution is -2.37. The number of primary amides is 1. The largest absolute Gasteiger partial charge is 0.478 e. The molecule has 21 heavy (non-hydrogen) atoms. The summed E-state index contributed by atoms with van der Waals surface area (Å²) in [6.07, 6.45) is 0. The molecule has 0 aliphatic heterocycles. The van der Waals surface area contributed by atoms with Crippen molar-refractivity contribution in [1.82, 2.24) is 10.0 Å². The molecule has 5 N–H and O–H groups in total. The van der Waals surface area contributed by atoms with Gasteiger partial charge in [0.15, 0.2) is 0 Å². The van der Waals surface area contributed by atoms with Crippen molar-refractivity contribution in [2.75, 3.05) is 13.1 Å². The first-order chi connectivity index (χ1) is 9.65. The van der Waals surface area contributed by atoms with Gasteiger partial charge in [-0.2, -0.15) is 0 Å². The Morgan fingerprint density at radius 3 is 2.38 bits per heavy atom. The van der Waals surface area contributed by atoms with E-state index in [4.69, 9.17) is 34.0 Å². The molecule has 0 saturated carbocycles. The fourth-order valence-electron chi connectivity index (χ4n) is 1.36. The maximum absolute atomic E-state index is 12.0. The van der Waals surface area contributed by atoms with E-state index in [1.807, 2.05) is 0 Å². The average Bonchev–Trinajstić information content (AvgIpc) is 2.36. The summed E-state index contributed by atoms with van der Waals surface area (Å²) in [6, 6.07) is 1.27. The van der Waals surface area contributed by atoms with Gasteiger partial charge in [-0.3, -0.25) is 0 Å². The molecule has 0 aliphatic rings. The number of nitrogens with two attached hydrogens (primary N) is 1. The molecule has 0 unspecified atom stereocenters. The molecule has 0 aliphatic carbocycles. The third kappa shape index (κ3) is 4.74. The second kappa shape index (κ2) is 6.94. The molecule has 0 spiro atoms. The second-order valence-corrected chi connectivity index (χ2v) is 6.31. The predicted octanol–water partition coefficient (Wildman–Crippen LogP) is 0.638. The summed E-state index contributed by atoms with van der Waals surface area (Å²) in [5.41, 5.74) is 4.39. The molecule has 1 aromatic rings. The van der Waals surface area contributed by atoms with Crippen LogP contribution in [0.2, 0.25) is 10.0 Å². The van der Waals surface area contributed by atoms with Crippen LogP contribution in [0, 0.1) is 0 Å². The van der Waals surface area contributed by atoms with Crippen molar-refractivity contribution in [3.63, 3.8) is 0 Å². The molecule has 1 rings (SSSR count). The van der Waals surface area contributed by atoms with Gasteiger partial charge in [-0.05, 0) is 12.1 Å². The van der Waals surface area contributed by atoms with Crippen LogP contribution < -0.4 is 15.8 Å². The SMILES string of the molecule is NC(=O)NCCNS(=O)(=O)c1cc(Cl)cc(C(=O)O)c1Cl. The molecule has 116 valence electrons. The van der Waals surface area contributed by atoms with Crippen molar-refractivity contribution in [3.8, 4) is 0 Å². The number of aromatic carboxylic acids is 1. The van der Waals surface area contributed by atoms with Gasteiger partial charge < -0.3 is 16.2 Å². The molecule has 2 amide bonds. The number of benzene rings is 1. The van der Waals surface area contributed by atoms with E-state index in [-0.39, 0.29) is 18.1 Å². The topological polar surface area (TPSA) is 139 Å². The number of carbonyl (C=O) groups excluding carboxylic acids is 1. The average molecular weight is 356 g/mol. The van der Waals surface area contributed by atoms with Crippen LogP contribution >= 0.6 is 23.2 Å². The molecule has 1 aromatic carbocycles. The zero-order valence-electron chi connectivity index (χ0n) is 10.4. The van der Waals surface area contributed by atoms with Gasteiger partial charge in [-0.25, -0.2) is 22.7 Å². The number of rotatable bonds is 6. The highest BCUT2D eigenvalue weighted by Gasteiger charge is 2.23. The Balaban J connectivity index is 3.03. The smallest absolute Gasteiger partial charge is 0.337 e. The van der Waals surface area contributed by atoms with Gasteiger partial charge in [0.25, 0.3) is 0 Å². The van der Waals surface area contributed by atoms with Crippen molar-refractivity contribution in [3.05, 3.63) is 27.7 Å². The van der Waals surface area contributed by atoms with Crippen molar-refractivity contribution in [2.24, 2.45) is 5.73 Å². The molecule has 0 aromatic heterocycles. The van der Waals surface area contributed by atoms with E-state index in [0.29, 0.717) is 0 Å². The molecule has 0 bridgehead atoms. The third-order valence-electron chi connectivity index (χ3n) is 2.24. The van der Waals surface area contributed by atoms with Gasteiger partial charge in [0.05, 0.1) is 10.6 Å². The maximum Gasteiger partial charge on any atom is 0.337 e. The molecular formula is C10H11Cl2N3O5S. The van der Waals surface area contributed by atoms with Gasteiger partial charge >= 0.3 is 12.0 Å². The van der Waals surface area contributed by atoms with Gasteiger partial charge in [0.1, 0.15) is 4.90 Å². The van der Waals surface area contributed by atoms with Crippen molar-refractivity contribution < 1.29 is 23.1 Å². The summed E-state index contributed by atoms with van der Waals surface area (Å²) in [5, 5.41) is 10.6. The maximum atomic E-state index is 12.0. The normalized spacial score (nSPS) is 11.1. The molecule has 11 heteroatoms. The minimum atomic E-state index is -4.09. The minimum Gasteiger partial charge on any atom is -0.478 e. The number of carboxylic acid groups (broad SMARTS) is 1. The van der Waals surface area contributed by atoms with E-state index in [1.165, 1.54) is 0 Å². The summed E-state index contributed by atoms with van der Waals surface area (Å²) >= 11 is 11.5. The molecule has 0 heterocycles. The Morgan fingerprint density at radius 1 is 1.24 bits per heavy atom. The van der Waals surface area contributed by atoms with Crippen molar-refractivity contribution in [1.29, 1.82) is 0 Å². The van der Waals surface area contributed by atoms with Crippen LogP contribution in [0.25, 0.3) is 0 Å². The van der Waals surface area contributed by atoms with Crippen LogP contribution in [0.3, 0.4) is 0 Å². The zero-order chi connectivity index (χ0) is 16.2. The number of carboxylic acids is 1. The van der Waals surface area contributed by atoms with Crippen LogP contribution in [0.4, 0.5) is 4.79 Å². The quantitative estimate of drug-likeness (QED) is 0.554. The van der Waals surface area contributed by atoms with E-state index in [0.717, 1.165) is 12.1 Å². The zero-order valence-corrected chi connectivity index (χ0v) is 12.7. The van der Waals surface area contributed by atoms with Gasteiger partial charge in [0, 0.05) is 18.1 Å². The Kier molecular flexibility index (Phi) is 5.78. The first-order valence-electron chi connectivity index (χ1n) is 5.40. The molecule has 0 atom stereocenters. The Bertz CT molecular complexity index is 678. The van der Waals surface area contributed by atoms with Crippen LogP contribution in [0.15, 0.2) is 17.0 Å². The molecule has 0 fully saturated rings. The number of sulfonamides is 1. The summed E-state index contributed by atoms with van der Waals surface area (Å²) in [5.74, 6) is -1.41. The predicted molar refractivity (Wildman–Crippen MR) is 76.2 cm³/mol. The summed E-state index contributed by atoms with van der Waals surface area (Å²) in [7, 11) is -4.09. The minimum absolute atomic E-state index is 0.0431.